The molecule has 0 amide bonds. The average Bonchev–Trinajstić information content (AvgIpc) is 2.08. The Labute approximate surface area is 98.9 Å². The lowest BCUT2D eigenvalue weighted by Gasteiger charge is -2.14. The molecule has 0 saturated heterocycles. The molecule has 0 aromatic rings. The molecular formula is C11H24FNO2S. The van der Waals surface area contributed by atoms with Gasteiger partial charge >= 0.3 is 0 Å². The highest BCUT2D eigenvalue weighted by Crippen LogP contribution is 2.15. The summed E-state index contributed by atoms with van der Waals surface area (Å²) in [6.07, 6.45) is 1.61. The summed E-state index contributed by atoms with van der Waals surface area (Å²) < 4.78 is 36.2. The van der Waals surface area contributed by atoms with Gasteiger partial charge in [0, 0.05) is 0 Å². The quantitative estimate of drug-likeness (QED) is 0.620. The van der Waals surface area contributed by atoms with Crippen molar-refractivity contribution in [1.82, 2.24) is 4.90 Å². The number of unbranched alkanes of at least 4 members (excludes halogenated alkanes) is 1. The standard InChI is InChI=1S/C11H24FNO2S/c1-11(2,12)7-10-16(14,15)9-6-5-8-13(3)4/h5-10H2,1-4H3. The van der Waals surface area contributed by atoms with Gasteiger partial charge in [0.05, 0.1) is 11.5 Å². The molecular weight excluding hydrogens is 229 g/mol. The second kappa shape index (κ2) is 6.55. The van der Waals surface area contributed by atoms with Crippen LogP contribution in [0.4, 0.5) is 4.39 Å². The van der Waals surface area contributed by atoms with Crippen LogP contribution in [0.3, 0.4) is 0 Å². The van der Waals surface area contributed by atoms with Crippen molar-refractivity contribution in [3.8, 4) is 0 Å². The molecule has 16 heavy (non-hydrogen) atoms. The number of rotatable bonds is 8. The van der Waals surface area contributed by atoms with Crippen molar-refractivity contribution in [2.24, 2.45) is 0 Å². The normalized spacial score (nSPS) is 13.4. The van der Waals surface area contributed by atoms with Gasteiger partial charge in [-0.05, 0) is 53.8 Å². The van der Waals surface area contributed by atoms with E-state index >= 15 is 0 Å². The number of hydrogen-bond donors (Lipinski definition) is 0. The summed E-state index contributed by atoms with van der Waals surface area (Å²) in [7, 11) is 0.846. The molecule has 98 valence electrons. The predicted octanol–water partition coefficient (Wildman–Crippen LogP) is 1.88. The van der Waals surface area contributed by atoms with Crippen molar-refractivity contribution in [2.45, 2.75) is 38.8 Å². The lowest BCUT2D eigenvalue weighted by Crippen LogP contribution is -2.21. The van der Waals surface area contributed by atoms with Gasteiger partial charge in [-0.2, -0.15) is 0 Å². The maximum Gasteiger partial charge on any atom is 0.150 e. The lowest BCUT2D eigenvalue weighted by atomic mass is 10.1. The first-order valence-corrected chi connectivity index (χ1v) is 7.49. The molecule has 0 fully saturated rings. The van der Waals surface area contributed by atoms with E-state index in [-0.39, 0.29) is 17.9 Å². The van der Waals surface area contributed by atoms with Crippen LogP contribution < -0.4 is 0 Å². The van der Waals surface area contributed by atoms with Crippen LogP contribution >= 0.6 is 0 Å². The number of sulfone groups is 1. The van der Waals surface area contributed by atoms with Crippen LogP contribution in [0.1, 0.15) is 33.1 Å². The second-order valence-corrected chi connectivity index (χ2v) is 7.43. The zero-order valence-corrected chi connectivity index (χ0v) is 11.6. The maximum atomic E-state index is 13.1. The Bertz CT molecular complexity index is 281. The first-order valence-electron chi connectivity index (χ1n) is 5.66. The summed E-state index contributed by atoms with van der Waals surface area (Å²) in [4.78, 5) is 2.03. The van der Waals surface area contributed by atoms with Crippen LogP contribution in [-0.4, -0.2) is 51.1 Å². The third-order valence-electron chi connectivity index (χ3n) is 2.32. The van der Waals surface area contributed by atoms with Gasteiger partial charge in [0.2, 0.25) is 0 Å². The number of alkyl halides is 1. The summed E-state index contributed by atoms with van der Waals surface area (Å²) in [5.41, 5.74) is -1.39. The van der Waals surface area contributed by atoms with E-state index in [0.29, 0.717) is 6.42 Å². The molecule has 0 unspecified atom stereocenters. The fraction of sp³-hybridized carbons (Fsp3) is 1.00. The van der Waals surface area contributed by atoms with Crippen molar-refractivity contribution in [2.75, 3.05) is 32.1 Å². The Morgan fingerprint density at radius 1 is 1.12 bits per heavy atom. The van der Waals surface area contributed by atoms with E-state index in [4.69, 9.17) is 0 Å². The van der Waals surface area contributed by atoms with Crippen LogP contribution in [0.15, 0.2) is 0 Å². The summed E-state index contributed by atoms with van der Waals surface area (Å²) in [5, 5.41) is 0. The third-order valence-corrected chi connectivity index (χ3v) is 4.06. The maximum absolute atomic E-state index is 13.1. The van der Waals surface area contributed by atoms with Crippen LogP contribution in [-0.2, 0) is 9.84 Å². The lowest BCUT2D eigenvalue weighted by molar-refractivity contribution is 0.211. The Kier molecular flexibility index (Phi) is 6.48. The van der Waals surface area contributed by atoms with E-state index in [2.05, 4.69) is 0 Å². The van der Waals surface area contributed by atoms with Gasteiger partial charge in [-0.15, -0.1) is 0 Å². The molecule has 0 aliphatic rings. The predicted molar refractivity (Wildman–Crippen MR) is 66.2 cm³/mol. The molecule has 0 atom stereocenters. The Hall–Kier alpha value is -0.160. The van der Waals surface area contributed by atoms with Gasteiger partial charge in [-0.1, -0.05) is 0 Å². The Morgan fingerprint density at radius 2 is 1.69 bits per heavy atom. The fourth-order valence-corrected chi connectivity index (χ4v) is 2.89. The van der Waals surface area contributed by atoms with E-state index in [1.165, 1.54) is 13.8 Å². The summed E-state index contributed by atoms with van der Waals surface area (Å²) in [6, 6.07) is 0. The molecule has 0 N–H and O–H groups in total. The molecule has 0 heterocycles. The van der Waals surface area contributed by atoms with Gasteiger partial charge < -0.3 is 4.90 Å². The smallest absolute Gasteiger partial charge is 0.150 e. The SMILES string of the molecule is CN(C)CCCCS(=O)(=O)CCC(C)(C)F. The highest BCUT2D eigenvalue weighted by Gasteiger charge is 2.20. The van der Waals surface area contributed by atoms with Crippen LogP contribution in [0.5, 0.6) is 0 Å². The highest BCUT2D eigenvalue weighted by molar-refractivity contribution is 7.91. The third kappa shape index (κ3) is 10.4. The molecule has 0 aliphatic heterocycles. The molecule has 0 aromatic carbocycles. The minimum absolute atomic E-state index is 0.0432. The summed E-state index contributed by atoms with van der Waals surface area (Å²) in [5.74, 6) is 0.134. The van der Waals surface area contributed by atoms with Crippen LogP contribution in [0.2, 0.25) is 0 Å². The molecule has 0 spiro atoms. The first-order chi connectivity index (χ1) is 7.12. The number of hydrogen-bond acceptors (Lipinski definition) is 3. The molecule has 0 bridgehead atoms. The minimum atomic E-state index is -3.07. The summed E-state index contributed by atoms with van der Waals surface area (Å²) in [6.45, 7) is 3.72. The van der Waals surface area contributed by atoms with Gasteiger partial charge in [0.1, 0.15) is 15.5 Å². The van der Waals surface area contributed by atoms with Crippen LogP contribution in [0, 0.1) is 0 Å². The topological polar surface area (TPSA) is 37.4 Å². The number of nitrogens with zero attached hydrogens (tertiary/aromatic N) is 1. The van der Waals surface area contributed by atoms with E-state index in [1.54, 1.807) is 0 Å². The molecule has 3 nitrogen and oxygen atoms in total. The monoisotopic (exact) mass is 253 g/mol. The number of halogens is 1. The van der Waals surface area contributed by atoms with Crippen LogP contribution in [0.25, 0.3) is 0 Å². The summed E-state index contributed by atoms with van der Waals surface area (Å²) >= 11 is 0. The molecule has 0 saturated carbocycles. The second-order valence-electron chi connectivity index (χ2n) is 5.13. The van der Waals surface area contributed by atoms with Crippen molar-refractivity contribution in [3.05, 3.63) is 0 Å². The van der Waals surface area contributed by atoms with Crippen molar-refractivity contribution < 1.29 is 12.8 Å². The Balaban J connectivity index is 3.80. The molecule has 0 aromatic heterocycles. The molecule has 0 radical (unpaired) electrons. The van der Waals surface area contributed by atoms with Gasteiger partial charge in [-0.3, -0.25) is 0 Å². The van der Waals surface area contributed by atoms with E-state index in [0.717, 1.165) is 13.0 Å². The Morgan fingerprint density at radius 3 is 2.12 bits per heavy atom. The van der Waals surface area contributed by atoms with Gasteiger partial charge in [-0.25, -0.2) is 12.8 Å². The van der Waals surface area contributed by atoms with Crippen molar-refractivity contribution in [1.29, 1.82) is 0 Å². The van der Waals surface area contributed by atoms with E-state index in [9.17, 15) is 12.8 Å². The zero-order valence-electron chi connectivity index (χ0n) is 10.8. The van der Waals surface area contributed by atoms with Crippen molar-refractivity contribution in [3.63, 3.8) is 0 Å². The van der Waals surface area contributed by atoms with E-state index in [1.807, 2.05) is 19.0 Å². The molecule has 5 heteroatoms. The van der Waals surface area contributed by atoms with Gasteiger partial charge in [0.25, 0.3) is 0 Å². The highest BCUT2D eigenvalue weighted by atomic mass is 32.2. The largest absolute Gasteiger partial charge is 0.309 e. The average molecular weight is 253 g/mol. The first kappa shape index (κ1) is 15.8. The van der Waals surface area contributed by atoms with Crippen molar-refractivity contribution >= 4 is 9.84 Å². The molecule has 0 aliphatic carbocycles. The molecule has 0 rings (SSSR count). The fourth-order valence-electron chi connectivity index (χ4n) is 1.25. The van der Waals surface area contributed by atoms with E-state index < -0.39 is 15.5 Å². The minimum Gasteiger partial charge on any atom is -0.309 e. The zero-order chi connectivity index (χ0) is 12.8. The van der Waals surface area contributed by atoms with Gasteiger partial charge in [0.15, 0.2) is 0 Å².